The molecule has 12 heavy (non-hydrogen) atoms. The van der Waals surface area contributed by atoms with Gasteiger partial charge in [0.2, 0.25) is 0 Å². The van der Waals surface area contributed by atoms with Gasteiger partial charge in [-0.05, 0) is 12.8 Å². The summed E-state index contributed by atoms with van der Waals surface area (Å²) in [5, 5.41) is 1.22. The number of hydrogen-bond donors (Lipinski definition) is 1. The van der Waals surface area contributed by atoms with Crippen molar-refractivity contribution in [2.45, 2.75) is 33.7 Å². The lowest BCUT2D eigenvalue weighted by atomic mass is 10.1. The van der Waals surface area contributed by atoms with E-state index < -0.39 is 0 Å². The summed E-state index contributed by atoms with van der Waals surface area (Å²) in [4.78, 5) is 5.73. The molecule has 0 unspecified atom stereocenters. The van der Waals surface area contributed by atoms with E-state index in [1.807, 2.05) is 0 Å². The van der Waals surface area contributed by atoms with E-state index in [2.05, 4.69) is 25.8 Å². The van der Waals surface area contributed by atoms with E-state index in [-0.39, 0.29) is 0 Å². The Morgan fingerprint density at radius 3 is 2.58 bits per heavy atom. The molecule has 0 aliphatic carbocycles. The summed E-state index contributed by atoms with van der Waals surface area (Å²) in [5.41, 5.74) is 6.60. The van der Waals surface area contributed by atoms with Crippen LogP contribution in [0.1, 0.15) is 29.4 Å². The highest BCUT2D eigenvalue weighted by atomic mass is 32.1. The Hall–Kier alpha value is -0.410. The van der Waals surface area contributed by atoms with Gasteiger partial charge >= 0.3 is 0 Å². The van der Waals surface area contributed by atoms with E-state index >= 15 is 0 Å². The van der Waals surface area contributed by atoms with Gasteiger partial charge < -0.3 is 5.73 Å². The normalized spacial score (nSPS) is 11.1. The topological polar surface area (TPSA) is 38.9 Å². The number of nitrogens with two attached hydrogens (primary N) is 1. The van der Waals surface area contributed by atoms with Crippen LogP contribution in [-0.2, 0) is 13.0 Å². The van der Waals surface area contributed by atoms with Gasteiger partial charge in [0.15, 0.2) is 0 Å². The van der Waals surface area contributed by atoms with Gasteiger partial charge in [-0.1, -0.05) is 13.8 Å². The lowest BCUT2D eigenvalue weighted by molar-refractivity contribution is 0.643. The zero-order valence-corrected chi connectivity index (χ0v) is 8.74. The summed E-state index contributed by atoms with van der Waals surface area (Å²) in [5.74, 6) is 0.682. The summed E-state index contributed by atoms with van der Waals surface area (Å²) in [7, 11) is 0. The highest BCUT2D eigenvalue weighted by Gasteiger charge is 2.06. The van der Waals surface area contributed by atoms with Gasteiger partial charge in [0.1, 0.15) is 0 Å². The minimum Gasteiger partial charge on any atom is -0.325 e. The Bertz CT molecular complexity index is 253. The molecular weight excluding hydrogens is 168 g/mol. The quantitative estimate of drug-likeness (QED) is 0.781. The van der Waals surface area contributed by atoms with Gasteiger partial charge in [0.05, 0.1) is 10.7 Å². The number of thiazole rings is 1. The molecule has 0 spiro atoms. The molecule has 0 saturated heterocycles. The molecule has 0 radical (unpaired) electrons. The van der Waals surface area contributed by atoms with Gasteiger partial charge in [0, 0.05) is 17.8 Å². The van der Waals surface area contributed by atoms with Crippen molar-refractivity contribution in [2.24, 2.45) is 11.7 Å². The molecule has 1 aromatic heterocycles. The molecule has 3 heteroatoms. The predicted molar refractivity (Wildman–Crippen MR) is 53.3 cm³/mol. The lowest BCUT2D eigenvalue weighted by Gasteiger charge is -1.98. The number of nitrogens with zero attached hydrogens (tertiary/aromatic N) is 1. The zero-order valence-electron chi connectivity index (χ0n) is 7.92. The molecular formula is C9H16N2S. The van der Waals surface area contributed by atoms with Crippen molar-refractivity contribution in [2.75, 3.05) is 0 Å². The van der Waals surface area contributed by atoms with Crippen LogP contribution in [0.5, 0.6) is 0 Å². The van der Waals surface area contributed by atoms with E-state index in [0.717, 1.165) is 12.1 Å². The molecule has 0 bridgehead atoms. The molecule has 1 aromatic rings. The molecule has 0 aromatic carbocycles. The van der Waals surface area contributed by atoms with E-state index in [1.54, 1.807) is 11.3 Å². The van der Waals surface area contributed by atoms with Crippen LogP contribution in [0.4, 0.5) is 0 Å². The van der Waals surface area contributed by atoms with Crippen LogP contribution in [0.3, 0.4) is 0 Å². The maximum atomic E-state index is 5.54. The molecule has 1 heterocycles. The third kappa shape index (κ3) is 2.29. The molecule has 1 rings (SSSR count). The molecule has 0 fully saturated rings. The Morgan fingerprint density at radius 1 is 1.50 bits per heavy atom. The Labute approximate surface area is 77.8 Å². The second kappa shape index (κ2) is 4.01. The third-order valence-electron chi connectivity index (χ3n) is 1.71. The fourth-order valence-electron chi connectivity index (χ4n) is 1.11. The van der Waals surface area contributed by atoms with Gasteiger partial charge in [-0.25, -0.2) is 4.98 Å². The number of aryl methyl sites for hydroxylation is 1. The van der Waals surface area contributed by atoms with Crippen LogP contribution in [0.2, 0.25) is 0 Å². The minimum atomic E-state index is 0.570. The van der Waals surface area contributed by atoms with Gasteiger partial charge in [-0.3, -0.25) is 0 Å². The molecule has 0 atom stereocenters. The summed E-state index contributed by atoms with van der Waals surface area (Å²) in [6, 6.07) is 0. The zero-order chi connectivity index (χ0) is 9.14. The fourth-order valence-corrected chi connectivity index (χ4v) is 2.29. The second-order valence-corrected chi connectivity index (χ2v) is 4.70. The first-order chi connectivity index (χ1) is 5.63. The van der Waals surface area contributed by atoms with Gasteiger partial charge in [-0.15, -0.1) is 11.3 Å². The van der Waals surface area contributed by atoms with Crippen LogP contribution in [0.15, 0.2) is 0 Å². The van der Waals surface area contributed by atoms with Crippen LogP contribution in [-0.4, -0.2) is 4.98 Å². The predicted octanol–water partition coefficient (Wildman–Crippen LogP) is 2.11. The Balaban J connectivity index is 2.75. The molecule has 2 nitrogen and oxygen atoms in total. The van der Waals surface area contributed by atoms with E-state index in [1.165, 1.54) is 9.88 Å². The molecule has 0 saturated carbocycles. The number of rotatable bonds is 3. The SMILES string of the molecule is Cc1sc(CC(C)C)nc1CN. The first kappa shape index (κ1) is 9.68. The van der Waals surface area contributed by atoms with E-state index in [4.69, 9.17) is 5.73 Å². The van der Waals surface area contributed by atoms with Crippen molar-refractivity contribution in [3.05, 3.63) is 15.6 Å². The first-order valence-electron chi connectivity index (χ1n) is 4.28. The van der Waals surface area contributed by atoms with Crippen molar-refractivity contribution in [3.63, 3.8) is 0 Å². The Kier molecular flexibility index (Phi) is 3.23. The molecule has 0 amide bonds. The van der Waals surface area contributed by atoms with Crippen molar-refractivity contribution < 1.29 is 0 Å². The second-order valence-electron chi connectivity index (χ2n) is 3.41. The highest BCUT2D eigenvalue weighted by molar-refractivity contribution is 7.11. The standard InChI is InChI=1S/C9H16N2S/c1-6(2)4-9-11-8(5-10)7(3)12-9/h6H,4-5,10H2,1-3H3. The average Bonchev–Trinajstić information content (AvgIpc) is 2.29. The average molecular weight is 184 g/mol. The van der Waals surface area contributed by atoms with Gasteiger partial charge in [-0.2, -0.15) is 0 Å². The van der Waals surface area contributed by atoms with E-state index in [0.29, 0.717) is 12.5 Å². The lowest BCUT2D eigenvalue weighted by Crippen LogP contribution is -1.99. The minimum absolute atomic E-state index is 0.570. The largest absolute Gasteiger partial charge is 0.325 e. The van der Waals surface area contributed by atoms with Crippen LogP contribution in [0, 0.1) is 12.8 Å². The van der Waals surface area contributed by atoms with Crippen molar-refractivity contribution in [1.29, 1.82) is 0 Å². The smallest absolute Gasteiger partial charge is 0.0934 e. The molecule has 0 aliphatic rings. The van der Waals surface area contributed by atoms with Gasteiger partial charge in [0.25, 0.3) is 0 Å². The highest BCUT2D eigenvalue weighted by Crippen LogP contribution is 2.19. The van der Waals surface area contributed by atoms with Crippen molar-refractivity contribution in [1.82, 2.24) is 4.98 Å². The summed E-state index contributed by atoms with van der Waals surface area (Å²) >= 11 is 1.78. The molecule has 2 N–H and O–H groups in total. The van der Waals surface area contributed by atoms with Crippen molar-refractivity contribution >= 4 is 11.3 Å². The molecule has 0 aliphatic heterocycles. The van der Waals surface area contributed by atoms with E-state index in [9.17, 15) is 0 Å². The maximum Gasteiger partial charge on any atom is 0.0934 e. The van der Waals surface area contributed by atoms with Crippen molar-refractivity contribution in [3.8, 4) is 0 Å². The number of aromatic nitrogens is 1. The fraction of sp³-hybridized carbons (Fsp3) is 0.667. The summed E-state index contributed by atoms with van der Waals surface area (Å²) in [6.07, 6.45) is 1.07. The maximum absolute atomic E-state index is 5.54. The third-order valence-corrected chi connectivity index (χ3v) is 2.75. The van der Waals surface area contributed by atoms with Crippen LogP contribution < -0.4 is 5.73 Å². The van der Waals surface area contributed by atoms with Crippen LogP contribution >= 0.6 is 11.3 Å². The summed E-state index contributed by atoms with van der Waals surface area (Å²) in [6.45, 7) is 7.07. The Morgan fingerprint density at radius 2 is 2.17 bits per heavy atom. The van der Waals surface area contributed by atoms with Crippen LogP contribution in [0.25, 0.3) is 0 Å². The monoisotopic (exact) mass is 184 g/mol. The number of hydrogen-bond acceptors (Lipinski definition) is 3. The first-order valence-corrected chi connectivity index (χ1v) is 5.10. The summed E-state index contributed by atoms with van der Waals surface area (Å²) < 4.78 is 0. The molecule has 68 valence electrons.